The molecule has 1 saturated heterocycles. The molecule has 146 valence electrons. The van der Waals surface area contributed by atoms with Crippen LogP contribution in [0.25, 0.3) is 0 Å². The lowest BCUT2D eigenvalue weighted by Gasteiger charge is -2.29. The second-order valence-electron chi connectivity index (χ2n) is 7.01. The number of hydrogen-bond acceptors (Lipinski definition) is 6. The molecule has 1 aromatic heterocycles. The summed E-state index contributed by atoms with van der Waals surface area (Å²) in [5, 5.41) is 5.57. The van der Waals surface area contributed by atoms with Gasteiger partial charge in [0.25, 0.3) is 0 Å². The van der Waals surface area contributed by atoms with Gasteiger partial charge in [-0.05, 0) is 50.0 Å². The maximum atomic E-state index is 12.4. The quantitative estimate of drug-likeness (QED) is 0.784. The first-order valence-electron chi connectivity index (χ1n) is 9.25. The van der Waals surface area contributed by atoms with E-state index in [9.17, 15) is 4.79 Å². The van der Waals surface area contributed by atoms with E-state index in [4.69, 9.17) is 9.47 Å². The number of nitrogens with one attached hydrogen (secondary N) is 1. The normalized spacial score (nSPS) is 15.5. The van der Waals surface area contributed by atoms with Crippen molar-refractivity contribution in [1.82, 2.24) is 9.88 Å². The molecule has 1 N–H and O–H groups in total. The number of aromatic nitrogens is 1. The van der Waals surface area contributed by atoms with E-state index in [1.54, 1.807) is 14.2 Å². The molecule has 1 fully saturated rings. The smallest absolute Gasteiger partial charge is 0.230 e. The predicted octanol–water partition coefficient (Wildman–Crippen LogP) is 3.57. The number of anilines is 1. The van der Waals surface area contributed by atoms with Crippen molar-refractivity contribution in [2.75, 3.05) is 32.6 Å². The first-order valence-corrected chi connectivity index (χ1v) is 10.1. The van der Waals surface area contributed by atoms with Gasteiger partial charge in [0.2, 0.25) is 5.91 Å². The van der Waals surface area contributed by atoms with Crippen LogP contribution in [0.2, 0.25) is 0 Å². The average molecular weight is 390 g/mol. The summed E-state index contributed by atoms with van der Waals surface area (Å²) >= 11 is 1.47. The lowest BCUT2D eigenvalue weighted by Crippen LogP contribution is -2.32. The molecule has 1 aliphatic heterocycles. The van der Waals surface area contributed by atoms with Crippen LogP contribution in [0.1, 0.15) is 31.0 Å². The number of rotatable bonds is 7. The number of piperidine rings is 1. The molecule has 0 radical (unpaired) electrons. The molecule has 0 atom stereocenters. The summed E-state index contributed by atoms with van der Waals surface area (Å²) in [5.41, 5.74) is 1.80. The molecule has 1 aliphatic rings. The Kier molecular flexibility index (Phi) is 6.68. The van der Waals surface area contributed by atoms with Crippen molar-refractivity contribution in [3.05, 3.63) is 34.8 Å². The molecule has 2 heterocycles. The van der Waals surface area contributed by atoms with Gasteiger partial charge in [-0.1, -0.05) is 6.92 Å². The third-order valence-electron chi connectivity index (χ3n) is 4.90. The number of nitrogens with zero attached hydrogens (tertiary/aromatic N) is 2. The zero-order valence-electron chi connectivity index (χ0n) is 16.2. The third-order valence-corrected chi connectivity index (χ3v) is 5.71. The molecule has 1 amide bonds. The zero-order chi connectivity index (χ0) is 19.2. The van der Waals surface area contributed by atoms with Crippen molar-refractivity contribution < 1.29 is 14.3 Å². The summed E-state index contributed by atoms with van der Waals surface area (Å²) in [5.74, 6) is 2.07. The average Bonchev–Trinajstić information content (AvgIpc) is 3.10. The summed E-state index contributed by atoms with van der Waals surface area (Å²) in [7, 11) is 3.20. The van der Waals surface area contributed by atoms with Gasteiger partial charge in [0.05, 0.1) is 26.3 Å². The number of likely N-dealkylation sites (tertiary alicyclic amines) is 1. The Morgan fingerprint density at radius 2 is 2.07 bits per heavy atom. The van der Waals surface area contributed by atoms with Gasteiger partial charge in [-0.25, -0.2) is 4.98 Å². The Morgan fingerprint density at radius 3 is 2.78 bits per heavy atom. The molecule has 0 aliphatic carbocycles. The molecule has 0 bridgehead atoms. The highest BCUT2D eigenvalue weighted by Crippen LogP contribution is 2.25. The summed E-state index contributed by atoms with van der Waals surface area (Å²) in [6.45, 7) is 5.40. The van der Waals surface area contributed by atoms with Crippen LogP contribution in [-0.4, -0.2) is 43.1 Å². The fraction of sp³-hybridized carbons (Fsp3) is 0.500. The van der Waals surface area contributed by atoms with Crippen LogP contribution in [-0.2, 0) is 17.8 Å². The summed E-state index contributed by atoms with van der Waals surface area (Å²) in [4.78, 5) is 19.4. The van der Waals surface area contributed by atoms with Crippen molar-refractivity contribution in [2.24, 2.45) is 5.92 Å². The van der Waals surface area contributed by atoms with Crippen LogP contribution in [0.5, 0.6) is 11.5 Å². The fourth-order valence-corrected chi connectivity index (χ4v) is 3.96. The molecule has 0 spiro atoms. The van der Waals surface area contributed by atoms with Crippen LogP contribution >= 0.6 is 11.3 Å². The van der Waals surface area contributed by atoms with Crippen LogP contribution < -0.4 is 14.8 Å². The minimum Gasteiger partial charge on any atom is -0.497 e. The van der Waals surface area contributed by atoms with Crippen LogP contribution in [0.4, 0.5) is 5.13 Å². The first-order chi connectivity index (χ1) is 13.1. The van der Waals surface area contributed by atoms with Gasteiger partial charge in [0, 0.05) is 17.5 Å². The Bertz CT molecular complexity index is 770. The highest BCUT2D eigenvalue weighted by atomic mass is 32.1. The standard InChI is InChI=1S/C20H27N3O3S/c1-14-6-8-23(9-7-14)12-16-13-27-20(21-16)22-19(24)11-15-10-17(25-2)4-5-18(15)26-3/h4-5,10,13-14H,6-9,11-12H2,1-3H3,(H,21,22,24). The van der Waals surface area contributed by atoms with E-state index in [2.05, 4.69) is 22.1 Å². The molecule has 2 aromatic rings. The highest BCUT2D eigenvalue weighted by molar-refractivity contribution is 7.13. The Labute approximate surface area is 164 Å². The van der Waals surface area contributed by atoms with Gasteiger partial charge in [0.1, 0.15) is 11.5 Å². The van der Waals surface area contributed by atoms with Gasteiger partial charge in [-0.15, -0.1) is 11.3 Å². The maximum Gasteiger partial charge on any atom is 0.230 e. The minimum atomic E-state index is -0.116. The summed E-state index contributed by atoms with van der Waals surface area (Å²) < 4.78 is 10.6. The van der Waals surface area contributed by atoms with Crippen molar-refractivity contribution in [2.45, 2.75) is 32.7 Å². The molecule has 7 heteroatoms. The molecule has 6 nitrogen and oxygen atoms in total. The topological polar surface area (TPSA) is 63.7 Å². The third kappa shape index (κ3) is 5.43. The number of carbonyl (C=O) groups excluding carboxylic acids is 1. The minimum absolute atomic E-state index is 0.116. The number of methoxy groups -OCH3 is 2. The lowest BCUT2D eigenvalue weighted by molar-refractivity contribution is -0.115. The second-order valence-corrected chi connectivity index (χ2v) is 7.86. The second kappa shape index (κ2) is 9.19. The van der Waals surface area contributed by atoms with E-state index in [-0.39, 0.29) is 12.3 Å². The molecule has 3 rings (SSSR count). The van der Waals surface area contributed by atoms with Gasteiger partial charge < -0.3 is 14.8 Å². The Hall–Kier alpha value is -2.12. The Balaban J connectivity index is 1.56. The van der Waals surface area contributed by atoms with Gasteiger partial charge in [-0.2, -0.15) is 0 Å². The van der Waals surface area contributed by atoms with Gasteiger partial charge in [-0.3, -0.25) is 9.69 Å². The summed E-state index contributed by atoms with van der Waals surface area (Å²) in [6.07, 6.45) is 2.70. The molecule has 0 saturated carbocycles. The van der Waals surface area contributed by atoms with Crippen molar-refractivity contribution in [3.8, 4) is 11.5 Å². The predicted molar refractivity (Wildman–Crippen MR) is 108 cm³/mol. The van der Waals surface area contributed by atoms with Crippen molar-refractivity contribution in [3.63, 3.8) is 0 Å². The lowest BCUT2D eigenvalue weighted by atomic mass is 9.99. The van der Waals surface area contributed by atoms with E-state index < -0.39 is 0 Å². The zero-order valence-corrected chi connectivity index (χ0v) is 17.0. The first kappa shape index (κ1) is 19.6. The molecule has 27 heavy (non-hydrogen) atoms. The number of hydrogen-bond donors (Lipinski definition) is 1. The van der Waals surface area contributed by atoms with Gasteiger partial charge >= 0.3 is 0 Å². The Morgan fingerprint density at radius 1 is 1.30 bits per heavy atom. The van der Waals surface area contributed by atoms with Crippen molar-refractivity contribution >= 4 is 22.4 Å². The van der Waals surface area contributed by atoms with Gasteiger partial charge in [0.15, 0.2) is 5.13 Å². The SMILES string of the molecule is COc1ccc(OC)c(CC(=O)Nc2nc(CN3CCC(C)CC3)cs2)c1. The monoisotopic (exact) mass is 389 g/mol. The molecule has 1 aromatic carbocycles. The van der Waals surface area contributed by atoms with E-state index in [1.807, 2.05) is 23.6 Å². The molecular weight excluding hydrogens is 362 g/mol. The van der Waals surface area contributed by atoms with E-state index in [0.29, 0.717) is 16.6 Å². The number of thiazole rings is 1. The largest absolute Gasteiger partial charge is 0.497 e. The maximum absolute atomic E-state index is 12.4. The number of carbonyl (C=O) groups is 1. The molecule has 0 unspecified atom stereocenters. The van der Waals surface area contributed by atoms with Crippen LogP contribution in [0, 0.1) is 5.92 Å². The van der Waals surface area contributed by atoms with E-state index in [0.717, 1.165) is 36.8 Å². The van der Waals surface area contributed by atoms with E-state index >= 15 is 0 Å². The van der Waals surface area contributed by atoms with Crippen LogP contribution in [0.15, 0.2) is 23.6 Å². The number of amides is 1. The fourth-order valence-electron chi connectivity index (χ4n) is 3.24. The highest BCUT2D eigenvalue weighted by Gasteiger charge is 2.17. The van der Waals surface area contributed by atoms with Crippen LogP contribution in [0.3, 0.4) is 0 Å². The summed E-state index contributed by atoms with van der Waals surface area (Å²) in [6, 6.07) is 5.44. The van der Waals surface area contributed by atoms with E-state index in [1.165, 1.54) is 24.2 Å². The number of ether oxygens (including phenoxy) is 2. The van der Waals surface area contributed by atoms with Crippen molar-refractivity contribution in [1.29, 1.82) is 0 Å². The molecular formula is C20H27N3O3S. The number of benzene rings is 1.